The van der Waals surface area contributed by atoms with Gasteiger partial charge in [-0.1, -0.05) is 31.7 Å². The maximum absolute atomic E-state index is 11.1. The molecule has 0 bridgehead atoms. The minimum absolute atomic E-state index is 0.251. The third kappa shape index (κ3) is 3.63. The summed E-state index contributed by atoms with van der Waals surface area (Å²) < 4.78 is 0. The summed E-state index contributed by atoms with van der Waals surface area (Å²) in [5.41, 5.74) is 7.15. The molecule has 0 spiro atoms. The minimum Gasteiger partial charge on any atom is -0.478 e. The van der Waals surface area contributed by atoms with Crippen LogP contribution in [0, 0.1) is 5.92 Å². The molecule has 0 radical (unpaired) electrons. The number of hydrogen-bond acceptors (Lipinski definition) is 3. The van der Waals surface area contributed by atoms with Crippen molar-refractivity contribution < 1.29 is 9.90 Å². The lowest BCUT2D eigenvalue weighted by Crippen LogP contribution is -2.10. The predicted molar refractivity (Wildman–Crippen MR) is 77.5 cm³/mol. The molecule has 0 unspecified atom stereocenters. The average Bonchev–Trinajstić information content (AvgIpc) is 2.88. The number of nitrogen functional groups attached to an aromatic ring is 1. The monoisotopic (exact) mass is 262 g/mol. The Balaban J connectivity index is 1.86. The van der Waals surface area contributed by atoms with E-state index in [1.165, 1.54) is 32.1 Å². The summed E-state index contributed by atoms with van der Waals surface area (Å²) in [5.74, 6) is -0.0699. The molecule has 1 saturated carbocycles. The molecule has 4 nitrogen and oxygen atoms in total. The van der Waals surface area contributed by atoms with Gasteiger partial charge in [-0.2, -0.15) is 0 Å². The zero-order valence-corrected chi connectivity index (χ0v) is 11.2. The Morgan fingerprint density at radius 1 is 1.37 bits per heavy atom. The third-order valence-corrected chi connectivity index (χ3v) is 3.89. The largest absolute Gasteiger partial charge is 0.478 e. The van der Waals surface area contributed by atoms with Crippen molar-refractivity contribution in [2.24, 2.45) is 5.92 Å². The molecule has 0 heterocycles. The summed E-state index contributed by atoms with van der Waals surface area (Å²) in [6.07, 6.45) is 7.74. The van der Waals surface area contributed by atoms with E-state index in [2.05, 4.69) is 5.32 Å². The van der Waals surface area contributed by atoms with Gasteiger partial charge in [0.05, 0.1) is 16.9 Å². The van der Waals surface area contributed by atoms with E-state index in [-0.39, 0.29) is 5.56 Å². The van der Waals surface area contributed by atoms with E-state index in [0.717, 1.165) is 18.9 Å². The van der Waals surface area contributed by atoms with Gasteiger partial charge < -0.3 is 16.2 Å². The fourth-order valence-electron chi connectivity index (χ4n) is 2.85. The van der Waals surface area contributed by atoms with Crippen molar-refractivity contribution >= 4 is 17.3 Å². The molecule has 1 aromatic rings. The molecule has 1 fully saturated rings. The van der Waals surface area contributed by atoms with Crippen molar-refractivity contribution in [2.45, 2.75) is 38.5 Å². The lowest BCUT2D eigenvalue weighted by molar-refractivity contribution is 0.0698. The molecule has 0 aromatic heterocycles. The summed E-state index contributed by atoms with van der Waals surface area (Å²) in [4.78, 5) is 11.1. The van der Waals surface area contributed by atoms with Crippen molar-refractivity contribution in [1.82, 2.24) is 0 Å². The number of nitrogens with two attached hydrogens (primary N) is 1. The summed E-state index contributed by atoms with van der Waals surface area (Å²) >= 11 is 0. The number of hydrogen-bond donors (Lipinski definition) is 3. The fourth-order valence-corrected chi connectivity index (χ4v) is 2.85. The van der Waals surface area contributed by atoms with E-state index < -0.39 is 5.97 Å². The van der Waals surface area contributed by atoms with Gasteiger partial charge in [-0.15, -0.1) is 0 Å². The van der Waals surface area contributed by atoms with E-state index in [0.29, 0.717) is 11.4 Å². The van der Waals surface area contributed by atoms with Gasteiger partial charge in [0, 0.05) is 6.54 Å². The van der Waals surface area contributed by atoms with Crippen LogP contribution in [0.1, 0.15) is 48.9 Å². The SMILES string of the molecule is Nc1cccc(C(=O)O)c1NCCCC1CCCC1. The van der Waals surface area contributed by atoms with Crippen molar-refractivity contribution in [3.63, 3.8) is 0 Å². The maximum atomic E-state index is 11.1. The Bertz CT molecular complexity index is 440. The minimum atomic E-state index is -0.939. The van der Waals surface area contributed by atoms with Gasteiger partial charge in [-0.3, -0.25) is 0 Å². The molecule has 0 aliphatic heterocycles. The second kappa shape index (κ2) is 6.45. The third-order valence-electron chi connectivity index (χ3n) is 3.89. The Morgan fingerprint density at radius 2 is 2.11 bits per heavy atom. The van der Waals surface area contributed by atoms with Gasteiger partial charge in [-0.05, 0) is 30.9 Å². The number of carboxylic acid groups (broad SMARTS) is 1. The van der Waals surface area contributed by atoms with Gasteiger partial charge >= 0.3 is 5.97 Å². The van der Waals surface area contributed by atoms with Crippen LogP contribution in [-0.2, 0) is 0 Å². The quantitative estimate of drug-likeness (QED) is 0.543. The Morgan fingerprint density at radius 3 is 2.79 bits per heavy atom. The van der Waals surface area contributed by atoms with Crippen LogP contribution in [0.4, 0.5) is 11.4 Å². The van der Waals surface area contributed by atoms with Crippen LogP contribution < -0.4 is 11.1 Å². The van der Waals surface area contributed by atoms with Gasteiger partial charge in [0.25, 0.3) is 0 Å². The van der Waals surface area contributed by atoms with E-state index >= 15 is 0 Å². The van der Waals surface area contributed by atoms with Crippen molar-refractivity contribution in [3.8, 4) is 0 Å². The molecule has 1 aliphatic carbocycles. The summed E-state index contributed by atoms with van der Waals surface area (Å²) in [7, 11) is 0. The van der Waals surface area contributed by atoms with Crippen LogP contribution in [0.25, 0.3) is 0 Å². The van der Waals surface area contributed by atoms with E-state index in [9.17, 15) is 4.79 Å². The molecule has 1 aromatic carbocycles. The zero-order valence-electron chi connectivity index (χ0n) is 11.2. The molecule has 4 N–H and O–H groups in total. The first kappa shape index (κ1) is 13.7. The molecule has 4 heteroatoms. The number of aromatic carboxylic acids is 1. The first-order chi connectivity index (χ1) is 9.18. The first-order valence-electron chi connectivity index (χ1n) is 7.04. The number of para-hydroxylation sites is 1. The molecule has 19 heavy (non-hydrogen) atoms. The van der Waals surface area contributed by atoms with Gasteiger partial charge in [-0.25, -0.2) is 4.79 Å². The predicted octanol–water partition coefficient (Wildman–Crippen LogP) is 3.35. The second-order valence-electron chi connectivity index (χ2n) is 5.29. The fraction of sp³-hybridized carbons (Fsp3) is 0.533. The van der Waals surface area contributed by atoms with E-state index in [1.807, 2.05) is 0 Å². The van der Waals surface area contributed by atoms with Crippen LogP contribution in [0.2, 0.25) is 0 Å². The average molecular weight is 262 g/mol. The van der Waals surface area contributed by atoms with Crippen LogP contribution in [0.15, 0.2) is 18.2 Å². The summed E-state index contributed by atoms with van der Waals surface area (Å²) in [6, 6.07) is 4.98. The van der Waals surface area contributed by atoms with E-state index in [1.54, 1.807) is 18.2 Å². The number of nitrogens with one attached hydrogen (secondary N) is 1. The zero-order chi connectivity index (χ0) is 13.7. The standard InChI is InChI=1S/C15H22N2O2/c16-13-9-3-8-12(15(18)19)14(13)17-10-4-7-11-5-1-2-6-11/h3,8-9,11,17H,1-2,4-7,10,16H2,(H,18,19). The Hall–Kier alpha value is -1.71. The lowest BCUT2D eigenvalue weighted by Gasteiger charge is -2.13. The number of anilines is 2. The van der Waals surface area contributed by atoms with Gasteiger partial charge in [0.1, 0.15) is 0 Å². The molecule has 0 amide bonds. The Kier molecular flexibility index (Phi) is 4.66. The first-order valence-corrected chi connectivity index (χ1v) is 7.04. The topological polar surface area (TPSA) is 75.4 Å². The number of rotatable bonds is 6. The van der Waals surface area contributed by atoms with Crippen LogP contribution in [0.5, 0.6) is 0 Å². The molecular weight excluding hydrogens is 240 g/mol. The molecule has 2 rings (SSSR count). The van der Waals surface area contributed by atoms with Crippen LogP contribution in [-0.4, -0.2) is 17.6 Å². The molecule has 1 aliphatic rings. The van der Waals surface area contributed by atoms with Crippen molar-refractivity contribution in [1.29, 1.82) is 0 Å². The normalized spacial score (nSPS) is 15.6. The summed E-state index contributed by atoms with van der Waals surface area (Å²) in [5, 5.41) is 12.3. The van der Waals surface area contributed by atoms with Crippen molar-refractivity contribution in [3.05, 3.63) is 23.8 Å². The number of carbonyl (C=O) groups is 1. The lowest BCUT2D eigenvalue weighted by atomic mass is 10.0. The summed E-state index contributed by atoms with van der Waals surface area (Å²) in [6.45, 7) is 0.783. The van der Waals surface area contributed by atoms with Gasteiger partial charge in [0.2, 0.25) is 0 Å². The van der Waals surface area contributed by atoms with Gasteiger partial charge in [0.15, 0.2) is 0 Å². The highest BCUT2D eigenvalue weighted by molar-refractivity contribution is 5.97. The number of carboxylic acids is 1. The maximum Gasteiger partial charge on any atom is 0.337 e. The molecule has 0 saturated heterocycles. The highest BCUT2D eigenvalue weighted by Crippen LogP contribution is 2.29. The Labute approximate surface area is 114 Å². The second-order valence-corrected chi connectivity index (χ2v) is 5.29. The molecular formula is C15H22N2O2. The molecule has 0 atom stereocenters. The molecule has 104 valence electrons. The highest BCUT2D eigenvalue weighted by Gasteiger charge is 2.15. The van der Waals surface area contributed by atoms with Crippen molar-refractivity contribution in [2.75, 3.05) is 17.6 Å². The smallest absolute Gasteiger partial charge is 0.337 e. The highest BCUT2D eigenvalue weighted by atomic mass is 16.4. The van der Waals surface area contributed by atoms with E-state index in [4.69, 9.17) is 10.8 Å². The number of benzene rings is 1. The van der Waals surface area contributed by atoms with Crippen LogP contribution >= 0.6 is 0 Å². The van der Waals surface area contributed by atoms with Crippen LogP contribution in [0.3, 0.4) is 0 Å².